The van der Waals surface area contributed by atoms with Crippen LogP contribution in [0, 0.1) is 0 Å². The zero-order valence-electron chi connectivity index (χ0n) is 11.0. The van der Waals surface area contributed by atoms with Crippen molar-refractivity contribution in [3.8, 4) is 0 Å². The van der Waals surface area contributed by atoms with Gasteiger partial charge >= 0.3 is 0 Å². The van der Waals surface area contributed by atoms with Crippen LogP contribution in [0.3, 0.4) is 0 Å². The van der Waals surface area contributed by atoms with E-state index >= 15 is 0 Å². The van der Waals surface area contributed by atoms with E-state index in [9.17, 15) is 8.42 Å². The Hall–Kier alpha value is -2.94. The van der Waals surface area contributed by atoms with Gasteiger partial charge in [0.05, 0.1) is 10.3 Å². The fourth-order valence-electron chi connectivity index (χ4n) is 2.19. The highest BCUT2D eigenvalue weighted by Crippen LogP contribution is 2.26. The molecule has 0 aliphatic heterocycles. The molecule has 3 aromatic heterocycles. The molecule has 4 aromatic rings. The maximum atomic E-state index is 12.8. The zero-order chi connectivity index (χ0) is 15.2. The molecule has 0 atom stereocenters. The highest BCUT2D eigenvalue weighted by molar-refractivity contribution is 7.91. The van der Waals surface area contributed by atoms with E-state index in [1.165, 1.54) is 18.3 Å². The van der Waals surface area contributed by atoms with Crippen molar-refractivity contribution in [2.45, 2.75) is 9.92 Å². The van der Waals surface area contributed by atoms with Crippen LogP contribution in [0.15, 0.2) is 58.6 Å². The fourth-order valence-corrected chi connectivity index (χ4v) is 3.53. The van der Waals surface area contributed by atoms with E-state index in [0.29, 0.717) is 11.0 Å². The molecule has 0 radical (unpaired) electrons. The molecule has 0 bridgehead atoms. The van der Waals surface area contributed by atoms with Crippen molar-refractivity contribution in [3.63, 3.8) is 0 Å². The first-order chi connectivity index (χ1) is 10.7. The summed E-state index contributed by atoms with van der Waals surface area (Å²) in [6, 6.07) is 11.5. The number of rotatable bonds is 2. The first-order valence-corrected chi connectivity index (χ1v) is 7.79. The van der Waals surface area contributed by atoms with Gasteiger partial charge in [0.1, 0.15) is 5.52 Å². The zero-order valence-corrected chi connectivity index (χ0v) is 11.8. The number of pyridine rings is 1. The lowest BCUT2D eigenvalue weighted by Crippen LogP contribution is -2.10. The summed E-state index contributed by atoms with van der Waals surface area (Å²) in [6.45, 7) is 0. The van der Waals surface area contributed by atoms with Crippen molar-refractivity contribution < 1.29 is 8.42 Å². The van der Waals surface area contributed by atoms with E-state index in [2.05, 4.69) is 25.6 Å². The molecule has 3 heterocycles. The summed E-state index contributed by atoms with van der Waals surface area (Å²) in [5.74, 6) is 0. The number of hydrogen-bond donors (Lipinski definition) is 0. The van der Waals surface area contributed by atoms with Crippen LogP contribution < -0.4 is 0 Å². The molecule has 4 rings (SSSR count). The first-order valence-electron chi connectivity index (χ1n) is 6.31. The minimum Gasteiger partial charge on any atom is -0.253 e. The molecule has 0 fully saturated rings. The average Bonchev–Trinajstić information content (AvgIpc) is 3.04. The van der Waals surface area contributed by atoms with Crippen LogP contribution in [0.1, 0.15) is 0 Å². The standard InChI is InChI=1S/C13H8N6O2S/c20-22(21,9-5-2-1-3-6-9)13-11-10(7-4-8-14-11)12-15-17-18-19(12)16-13/h1-8H. The van der Waals surface area contributed by atoms with Crippen molar-refractivity contribution in [3.05, 3.63) is 48.7 Å². The normalized spacial score (nSPS) is 12.0. The van der Waals surface area contributed by atoms with Gasteiger partial charge in [0, 0.05) is 6.20 Å². The number of sulfone groups is 1. The molecule has 0 aliphatic rings. The Morgan fingerprint density at radius 3 is 2.64 bits per heavy atom. The van der Waals surface area contributed by atoms with E-state index < -0.39 is 9.84 Å². The van der Waals surface area contributed by atoms with Gasteiger partial charge in [0.25, 0.3) is 0 Å². The molecule has 1 aromatic carbocycles. The van der Waals surface area contributed by atoms with Gasteiger partial charge in [-0.2, -0.15) is 0 Å². The molecule has 0 unspecified atom stereocenters. The summed E-state index contributed by atoms with van der Waals surface area (Å²) in [5.41, 5.74) is 0.601. The Bertz CT molecular complexity index is 1090. The summed E-state index contributed by atoms with van der Waals surface area (Å²) in [7, 11) is -3.82. The molecule has 0 saturated heterocycles. The van der Waals surface area contributed by atoms with Gasteiger partial charge in [-0.3, -0.25) is 4.98 Å². The maximum Gasteiger partial charge on any atom is 0.227 e. The van der Waals surface area contributed by atoms with Gasteiger partial charge in [0.15, 0.2) is 0 Å². The summed E-state index contributed by atoms with van der Waals surface area (Å²) in [4.78, 5) is 4.29. The number of tetrazole rings is 1. The highest BCUT2D eigenvalue weighted by Gasteiger charge is 2.25. The quantitative estimate of drug-likeness (QED) is 0.541. The number of nitrogens with zero attached hydrogens (tertiary/aromatic N) is 6. The van der Waals surface area contributed by atoms with Crippen molar-refractivity contribution in [2.24, 2.45) is 0 Å². The van der Waals surface area contributed by atoms with Gasteiger partial charge in [0.2, 0.25) is 20.5 Å². The Labute approximate surface area is 124 Å². The molecule has 0 amide bonds. The number of benzene rings is 1. The van der Waals surface area contributed by atoms with Gasteiger partial charge in [-0.15, -0.1) is 14.8 Å². The molecule has 0 spiro atoms. The van der Waals surface area contributed by atoms with Gasteiger partial charge in [-0.1, -0.05) is 18.2 Å². The molecule has 9 heteroatoms. The topological polar surface area (TPSA) is 103 Å². The monoisotopic (exact) mass is 312 g/mol. The second-order valence-corrected chi connectivity index (χ2v) is 6.38. The molecular weight excluding hydrogens is 304 g/mol. The van der Waals surface area contributed by atoms with Crippen molar-refractivity contribution in [1.29, 1.82) is 0 Å². The summed E-state index contributed by atoms with van der Waals surface area (Å²) < 4.78 is 26.8. The SMILES string of the molecule is O=S(=O)(c1ccccc1)c1nn2nnnc2c2cccnc12. The third-order valence-electron chi connectivity index (χ3n) is 3.20. The molecule has 0 N–H and O–H groups in total. The Kier molecular flexibility index (Phi) is 2.63. The first kappa shape index (κ1) is 12.8. The van der Waals surface area contributed by atoms with Gasteiger partial charge < -0.3 is 0 Å². The third-order valence-corrected chi connectivity index (χ3v) is 4.88. The molecule has 22 heavy (non-hydrogen) atoms. The van der Waals surface area contributed by atoms with Crippen LogP contribution in [-0.2, 0) is 9.84 Å². The number of aromatic nitrogens is 6. The Morgan fingerprint density at radius 2 is 1.82 bits per heavy atom. The molecule has 0 saturated carbocycles. The lowest BCUT2D eigenvalue weighted by Gasteiger charge is -2.06. The van der Waals surface area contributed by atoms with Crippen molar-refractivity contribution in [2.75, 3.05) is 0 Å². The third kappa shape index (κ3) is 1.76. The average molecular weight is 312 g/mol. The lowest BCUT2D eigenvalue weighted by molar-refractivity contribution is 0.586. The van der Waals surface area contributed by atoms with Crippen LogP contribution in [0.5, 0.6) is 0 Å². The lowest BCUT2D eigenvalue weighted by atomic mass is 10.3. The van der Waals surface area contributed by atoms with E-state index in [4.69, 9.17) is 0 Å². The van der Waals surface area contributed by atoms with E-state index in [1.807, 2.05) is 0 Å². The van der Waals surface area contributed by atoms with Crippen LogP contribution in [0.2, 0.25) is 0 Å². The van der Waals surface area contributed by atoms with Gasteiger partial charge in [-0.05, 0) is 34.7 Å². The predicted octanol–water partition coefficient (Wildman–Crippen LogP) is 0.900. The minimum absolute atomic E-state index is 0.141. The fraction of sp³-hybridized carbons (Fsp3) is 0. The molecule has 108 valence electrons. The summed E-state index contributed by atoms with van der Waals surface area (Å²) in [5, 5.41) is 15.5. The predicted molar refractivity (Wildman–Crippen MR) is 75.8 cm³/mol. The van der Waals surface area contributed by atoms with Crippen molar-refractivity contribution in [1.82, 2.24) is 30.2 Å². The van der Waals surface area contributed by atoms with Crippen LogP contribution in [0.4, 0.5) is 0 Å². The molecule has 8 nitrogen and oxygen atoms in total. The second kappa shape index (κ2) is 4.53. The Morgan fingerprint density at radius 1 is 1.00 bits per heavy atom. The molecular formula is C13H8N6O2S. The maximum absolute atomic E-state index is 12.8. The van der Waals surface area contributed by atoms with Crippen LogP contribution >= 0.6 is 0 Å². The number of hydrogen-bond acceptors (Lipinski definition) is 7. The minimum atomic E-state index is -3.82. The summed E-state index contributed by atoms with van der Waals surface area (Å²) in [6.07, 6.45) is 1.51. The highest BCUT2D eigenvalue weighted by atomic mass is 32.2. The van der Waals surface area contributed by atoms with Crippen LogP contribution in [-0.4, -0.2) is 38.7 Å². The van der Waals surface area contributed by atoms with Gasteiger partial charge in [-0.25, -0.2) is 8.42 Å². The van der Waals surface area contributed by atoms with E-state index in [1.54, 1.807) is 30.3 Å². The Balaban J connectivity index is 2.14. The van der Waals surface area contributed by atoms with E-state index in [0.717, 1.165) is 4.63 Å². The smallest absolute Gasteiger partial charge is 0.227 e. The van der Waals surface area contributed by atoms with Crippen molar-refractivity contribution >= 4 is 26.4 Å². The summed E-state index contributed by atoms with van der Waals surface area (Å²) >= 11 is 0. The van der Waals surface area contributed by atoms with Crippen LogP contribution in [0.25, 0.3) is 16.6 Å². The number of fused-ring (bicyclic) bond motifs is 3. The molecule has 0 aliphatic carbocycles. The largest absolute Gasteiger partial charge is 0.253 e. The van der Waals surface area contributed by atoms with E-state index in [-0.39, 0.29) is 15.4 Å². The second-order valence-electron chi connectivity index (χ2n) is 4.51.